The van der Waals surface area contributed by atoms with Crippen molar-refractivity contribution in [3.8, 4) is 0 Å². The van der Waals surface area contributed by atoms with E-state index in [1.54, 1.807) is 4.90 Å². The summed E-state index contributed by atoms with van der Waals surface area (Å²) in [5, 5.41) is 22.2. The van der Waals surface area contributed by atoms with Gasteiger partial charge in [0.15, 0.2) is 0 Å². The number of rotatable bonds is 5. The molecule has 1 amide bonds. The molecular weight excluding hydrogens is 314 g/mol. The number of anilines is 1. The van der Waals surface area contributed by atoms with Gasteiger partial charge in [-0.2, -0.15) is 0 Å². The molecule has 1 saturated heterocycles. The first kappa shape index (κ1) is 16.2. The summed E-state index contributed by atoms with van der Waals surface area (Å²) in [6.45, 7) is 0.898. The molecule has 1 aromatic carbocycles. The SMILES string of the molecule is O=C(CN1CCC(C(=O)O)C1)Nc1ccc(Cl)c([N+](=O)[O-])c1. The maximum atomic E-state index is 11.9. The number of hydrogen-bond acceptors (Lipinski definition) is 5. The molecule has 22 heavy (non-hydrogen) atoms. The van der Waals surface area contributed by atoms with Gasteiger partial charge in [0.1, 0.15) is 5.02 Å². The van der Waals surface area contributed by atoms with Gasteiger partial charge in [-0.1, -0.05) is 11.6 Å². The number of nitro groups is 1. The molecule has 1 aliphatic heterocycles. The van der Waals surface area contributed by atoms with E-state index in [1.807, 2.05) is 0 Å². The molecule has 0 bridgehead atoms. The minimum atomic E-state index is -0.865. The number of halogens is 1. The van der Waals surface area contributed by atoms with Crippen molar-refractivity contribution in [3.05, 3.63) is 33.3 Å². The standard InChI is InChI=1S/C13H14ClN3O5/c14-10-2-1-9(5-11(10)17(21)22)15-12(18)7-16-4-3-8(6-16)13(19)20/h1-2,5,8H,3-4,6-7H2,(H,15,18)(H,19,20). The highest BCUT2D eigenvalue weighted by atomic mass is 35.5. The maximum absolute atomic E-state index is 11.9. The van der Waals surface area contributed by atoms with Crippen molar-refractivity contribution in [2.45, 2.75) is 6.42 Å². The average Bonchev–Trinajstić information content (AvgIpc) is 2.89. The lowest BCUT2D eigenvalue weighted by Gasteiger charge is -2.14. The van der Waals surface area contributed by atoms with Gasteiger partial charge < -0.3 is 10.4 Å². The number of nitrogens with one attached hydrogen (secondary N) is 1. The third-order valence-corrected chi connectivity index (χ3v) is 3.74. The molecule has 1 aromatic rings. The van der Waals surface area contributed by atoms with Crippen molar-refractivity contribution in [2.75, 3.05) is 25.0 Å². The van der Waals surface area contributed by atoms with Gasteiger partial charge in [-0.25, -0.2) is 0 Å². The number of carbonyl (C=O) groups excluding carboxylic acids is 1. The molecule has 9 heteroatoms. The lowest BCUT2D eigenvalue weighted by Crippen LogP contribution is -2.32. The third kappa shape index (κ3) is 3.92. The molecule has 1 aliphatic rings. The fourth-order valence-electron chi connectivity index (χ4n) is 2.31. The highest BCUT2D eigenvalue weighted by Gasteiger charge is 2.28. The summed E-state index contributed by atoms with van der Waals surface area (Å²) in [6, 6.07) is 3.99. The highest BCUT2D eigenvalue weighted by Crippen LogP contribution is 2.27. The van der Waals surface area contributed by atoms with E-state index < -0.39 is 16.8 Å². The van der Waals surface area contributed by atoms with Crippen LogP contribution in [0.3, 0.4) is 0 Å². The van der Waals surface area contributed by atoms with E-state index in [0.29, 0.717) is 19.5 Å². The topological polar surface area (TPSA) is 113 Å². The lowest BCUT2D eigenvalue weighted by atomic mass is 10.1. The van der Waals surface area contributed by atoms with E-state index in [0.717, 1.165) is 0 Å². The van der Waals surface area contributed by atoms with Crippen LogP contribution in [0, 0.1) is 16.0 Å². The summed E-state index contributed by atoms with van der Waals surface area (Å²) >= 11 is 5.69. The highest BCUT2D eigenvalue weighted by molar-refractivity contribution is 6.32. The summed E-state index contributed by atoms with van der Waals surface area (Å²) in [5.41, 5.74) is -0.0124. The molecule has 1 heterocycles. The van der Waals surface area contributed by atoms with Crippen LogP contribution in [-0.4, -0.2) is 46.4 Å². The van der Waals surface area contributed by atoms with E-state index in [1.165, 1.54) is 18.2 Å². The fourth-order valence-corrected chi connectivity index (χ4v) is 2.50. The Bertz CT molecular complexity index is 622. The summed E-state index contributed by atoms with van der Waals surface area (Å²) < 4.78 is 0. The molecule has 118 valence electrons. The predicted octanol–water partition coefficient (Wildman–Crippen LogP) is 1.59. The molecule has 1 unspecified atom stereocenters. The minimum absolute atomic E-state index is 0.00755. The van der Waals surface area contributed by atoms with Crippen LogP contribution in [0.4, 0.5) is 11.4 Å². The Hall–Kier alpha value is -2.19. The molecule has 1 atom stereocenters. The lowest BCUT2D eigenvalue weighted by molar-refractivity contribution is -0.384. The van der Waals surface area contributed by atoms with Crippen molar-refractivity contribution in [2.24, 2.45) is 5.92 Å². The summed E-state index contributed by atoms with van der Waals surface area (Å²) in [6.07, 6.45) is 0.509. The fraction of sp³-hybridized carbons (Fsp3) is 0.385. The van der Waals surface area contributed by atoms with Crippen LogP contribution >= 0.6 is 11.6 Å². The molecule has 8 nitrogen and oxygen atoms in total. The third-order valence-electron chi connectivity index (χ3n) is 3.42. The number of aliphatic carboxylic acids is 1. The van der Waals surface area contributed by atoms with Gasteiger partial charge in [-0.05, 0) is 25.1 Å². The van der Waals surface area contributed by atoms with Crippen molar-refractivity contribution < 1.29 is 19.6 Å². The zero-order chi connectivity index (χ0) is 16.3. The average molecular weight is 328 g/mol. The van der Waals surface area contributed by atoms with Crippen LogP contribution < -0.4 is 5.32 Å². The monoisotopic (exact) mass is 327 g/mol. The Balaban J connectivity index is 1.94. The Morgan fingerprint density at radius 2 is 2.23 bits per heavy atom. The number of carboxylic acids is 1. The number of carboxylic acid groups (broad SMARTS) is 1. The zero-order valence-electron chi connectivity index (χ0n) is 11.5. The van der Waals surface area contributed by atoms with Gasteiger partial charge in [-0.3, -0.25) is 24.6 Å². The number of likely N-dealkylation sites (tertiary alicyclic amines) is 1. The van der Waals surface area contributed by atoms with E-state index >= 15 is 0 Å². The van der Waals surface area contributed by atoms with Gasteiger partial charge in [0.05, 0.1) is 17.4 Å². The second kappa shape index (κ2) is 6.71. The van der Waals surface area contributed by atoms with Crippen LogP contribution in [-0.2, 0) is 9.59 Å². The summed E-state index contributed by atoms with van der Waals surface area (Å²) in [7, 11) is 0. The van der Waals surface area contributed by atoms with Gasteiger partial charge in [0.2, 0.25) is 5.91 Å². The first-order valence-electron chi connectivity index (χ1n) is 6.56. The van der Waals surface area contributed by atoms with E-state index in [-0.39, 0.29) is 28.8 Å². The molecule has 0 spiro atoms. The van der Waals surface area contributed by atoms with Gasteiger partial charge in [0.25, 0.3) is 5.69 Å². The Kier molecular flexibility index (Phi) is 4.94. The maximum Gasteiger partial charge on any atom is 0.307 e. The number of carbonyl (C=O) groups is 2. The van der Waals surface area contributed by atoms with Gasteiger partial charge in [-0.15, -0.1) is 0 Å². The smallest absolute Gasteiger partial charge is 0.307 e. The molecule has 0 aromatic heterocycles. The molecule has 2 N–H and O–H groups in total. The largest absolute Gasteiger partial charge is 0.481 e. The molecule has 0 aliphatic carbocycles. The van der Waals surface area contributed by atoms with Crippen LogP contribution in [0.5, 0.6) is 0 Å². The number of nitrogens with zero attached hydrogens (tertiary/aromatic N) is 2. The van der Waals surface area contributed by atoms with Crippen molar-refractivity contribution in [3.63, 3.8) is 0 Å². The predicted molar refractivity (Wildman–Crippen MR) is 78.9 cm³/mol. The number of amides is 1. The Morgan fingerprint density at radius 3 is 2.82 bits per heavy atom. The van der Waals surface area contributed by atoms with Crippen LogP contribution in [0.2, 0.25) is 5.02 Å². The second-order valence-electron chi connectivity index (χ2n) is 5.03. The quantitative estimate of drug-likeness (QED) is 0.627. The van der Waals surface area contributed by atoms with Crippen molar-refractivity contribution in [1.82, 2.24) is 4.90 Å². The van der Waals surface area contributed by atoms with Crippen LogP contribution in [0.25, 0.3) is 0 Å². The van der Waals surface area contributed by atoms with Gasteiger partial charge >= 0.3 is 5.97 Å². The number of benzene rings is 1. The van der Waals surface area contributed by atoms with E-state index in [2.05, 4.69) is 5.32 Å². The first-order chi connectivity index (χ1) is 10.4. The Morgan fingerprint density at radius 1 is 1.50 bits per heavy atom. The first-order valence-corrected chi connectivity index (χ1v) is 6.93. The molecular formula is C13H14ClN3O5. The summed E-state index contributed by atoms with van der Waals surface area (Å²) in [4.78, 5) is 34.7. The van der Waals surface area contributed by atoms with Crippen LogP contribution in [0.1, 0.15) is 6.42 Å². The molecule has 2 rings (SSSR count). The number of nitro benzene ring substituents is 1. The molecule has 0 radical (unpaired) electrons. The zero-order valence-corrected chi connectivity index (χ0v) is 12.2. The summed E-state index contributed by atoms with van der Waals surface area (Å²) in [5.74, 6) is -1.68. The molecule has 1 fully saturated rings. The Labute approximate surface area is 130 Å². The van der Waals surface area contributed by atoms with Crippen molar-refractivity contribution >= 4 is 34.9 Å². The van der Waals surface area contributed by atoms with E-state index in [9.17, 15) is 19.7 Å². The second-order valence-corrected chi connectivity index (χ2v) is 5.44. The van der Waals surface area contributed by atoms with Crippen LogP contribution in [0.15, 0.2) is 18.2 Å². The number of hydrogen-bond donors (Lipinski definition) is 2. The normalized spacial score (nSPS) is 18.1. The molecule has 0 saturated carbocycles. The minimum Gasteiger partial charge on any atom is -0.481 e. The van der Waals surface area contributed by atoms with Gasteiger partial charge in [0, 0.05) is 18.3 Å². The van der Waals surface area contributed by atoms with Crippen molar-refractivity contribution in [1.29, 1.82) is 0 Å². The van der Waals surface area contributed by atoms with E-state index in [4.69, 9.17) is 16.7 Å².